The molecule has 3 rings (SSSR count). The van der Waals surface area contributed by atoms with Gasteiger partial charge in [0.2, 0.25) is 0 Å². The summed E-state index contributed by atoms with van der Waals surface area (Å²) in [5.74, 6) is 0.553. The van der Waals surface area contributed by atoms with Crippen molar-refractivity contribution in [1.29, 1.82) is 0 Å². The summed E-state index contributed by atoms with van der Waals surface area (Å²) in [7, 11) is 1.54. The van der Waals surface area contributed by atoms with Crippen LogP contribution in [-0.2, 0) is 17.8 Å². The topological polar surface area (TPSA) is 59.6 Å². The van der Waals surface area contributed by atoms with Crippen molar-refractivity contribution in [3.8, 4) is 5.75 Å². The van der Waals surface area contributed by atoms with E-state index < -0.39 is 0 Å². The average molecular weight is 347 g/mol. The van der Waals surface area contributed by atoms with Crippen LogP contribution in [0.3, 0.4) is 0 Å². The zero-order chi connectivity index (χ0) is 16.9. The molecule has 0 spiro atoms. The van der Waals surface area contributed by atoms with E-state index in [1.54, 1.807) is 25.3 Å². The lowest BCUT2D eigenvalue weighted by Crippen LogP contribution is -2.38. The fraction of sp³-hybridized carbons (Fsp3) is 0.278. The van der Waals surface area contributed by atoms with Crippen LogP contribution in [0.5, 0.6) is 5.75 Å². The molecule has 0 fully saturated rings. The van der Waals surface area contributed by atoms with Crippen LogP contribution in [0.4, 0.5) is 10.5 Å². The van der Waals surface area contributed by atoms with Crippen LogP contribution in [0.1, 0.15) is 11.1 Å². The molecule has 0 radical (unpaired) electrons. The van der Waals surface area contributed by atoms with E-state index in [0.717, 1.165) is 6.42 Å². The Morgan fingerprint density at radius 3 is 2.88 bits per heavy atom. The van der Waals surface area contributed by atoms with Gasteiger partial charge >= 0.3 is 6.03 Å². The molecule has 6 heteroatoms. The molecule has 24 heavy (non-hydrogen) atoms. The van der Waals surface area contributed by atoms with Crippen LogP contribution in [-0.4, -0.2) is 25.8 Å². The Morgan fingerprint density at radius 1 is 1.29 bits per heavy atom. The Morgan fingerprint density at radius 2 is 2.08 bits per heavy atom. The van der Waals surface area contributed by atoms with Crippen molar-refractivity contribution in [3.63, 3.8) is 0 Å². The number of fused-ring (bicyclic) bond motifs is 1. The van der Waals surface area contributed by atoms with Crippen molar-refractivity contribution in [2.75, 3.05) is 19.0 Å². The molecule has 5 nitrogen and oxygen atoms in total. The molecule has 2 amide bonds. The van der Waals surface area contributed by atoms with Gasteiger partial charge in [-0.05, 0) is 29.3 Å². The first-order valence-corrected chi connectivity index (χ1v) is 8.10. The number of carbonyl (C=O) groups is 1. The summed E-state index contributed by atoms with van der Waals surface area (Å²) >= 11 is 5.96. The van der Waals surface area contributed by atoms with Gasteiger partial charge in [-0.1, -0.05) is 35.9 Å². The van der Waals surface area contributed by atoms with E-state index in [4.69, 9.17) is 21.1 Å². The van der Waals surface area contributed by atoms with Gasteiger partial charge < -0.3 is 20.1 Å². The lowest BCUT2D eigenvalue weighted by Gasteiger charge is -2.25. The molecule has 1 heterocycles. The number of hydrogen-bond acceptors (Lipinski definition) is 3. The van der Waals surface area contributed by atoms with Gasteiger partial charge in [0.15, 0.2) is 0 Å². The average Bonchev–Trinajstić information content (AvgIpc) is 2.60. The minimum Gasteiger partial charge on any atom is -0.495 e. The maximum atomic E-state index is 12.1. The fourth-order valence-electron chi connectivity index (χ4n) is 2.69. The largest absolute Gasteiger partial charge is 0.495 e. The van der Waals surface area contributed by atoms with Crippen LogP contribution in [0.2, 0.25) is 5.02 Å². The van der Waals surface area contributed by atoms with Crippen molar-refractivity contribution in [1.82, 2.24) is 5.32 Å². The molecule has 2 aromatic carbocycles. The lowest BCUT2D eigenvalue weighted by atomic mass is 9.99. The summed E-state index contributed by atoms with van der Waals surface area (Å²) in [5, 5.41) is 6.10. The zero-order valence-electron chi connectivity index (χ0n) is 13.3. The van der Waals surface area contributed by atoms with Crippen LogP contribution >= 0.6 is 11.6 Å². The third-order valence-electron chi connectivity index (χ3n) is 3.94. The number of halogens is 1. The zero-order valence-corrected chi connectivity index (χ0v) is 14.1. The van der Waals surface area contributed by atoms with E-state index in [0.29, 0.717) is 29.6 Å². The molecule has 126 valence electrons. The molecule has 0 saturated heterocycles. The predicted octanol–water partition coefficient (Wildman–Crippen LogP) is 3.61. The third-order valence-corrected chi connectivity index (χ3v) is 4.18. The first-order valence-electron chi connectivity index (χ1n) is 7.72. The molecule has 2 aromatic rings. The van der Waals surface area contributed by atoms with Crippen molar-refractivity contribution >= 4 is 23.3 Å². The molecule has 0 aliphatic carbocycles. The van der Waals surface area contributed by atoms with Gasteiger partial charge in [0.05, 0.1) is 25.5 Å². The molecule has 2 N–H and O–H groups in total. The second-order valence-electron chi connectivity index (χ2n) is 5.59. The van der Waals surface area contributed by atoms with Crippen LogP contribution in [0.15, 0.2) is 42.5 Å². The third kappa shape index (κ3) is 3.99. The van der Waals surface area contributed by atoms with Crippen molar-refractivity contribution < 1.29 is 14.3 Å². The highest BCUT2D eigenvalue weighted by Crippen LogP contribution is 2.27. The maximum Gasteiger partial charge on any atom is 0.319 e. The van der Waals surface area contributed by atoms with Crippen molar-refractivity contribution in [2.45, 2.75) is 19.1 Å². The van der Waals surface area contributed by atoms with Crippen LogP contribution in [0, 0.1) is 0 Å². The SMILES string of the molecule is COc1ccc(Cl)cc1NC(=O)NCC1Cc2ccccc2CO1. The van der Waals surface area contributed by atoms with E-state index in [2.05, 4.69) is 22.8 Å². The first kappa shape index (κ1) is 16.6. The van der Waals surface area contributed by atoms with E-state index in [1.165, 1.54) is 11.1 Å². The number of nitrogens with one attached hydrogen (secondary N) is 2. The van der Waals surface area contributed by atoms with Gasteiger partial charge in [-0.2, -0.15) is 0 Å². The summed E-state index contributed by atoms with van der Waals surface area (Å²) < 4.78 is 11.0. The number of hydrogen-bond donors (Lipinski definition) is 2. The second-order valence-corrected chi connectivity index (χ2v) is 6.02. The Bertz CT molecular complexity index is 736. The smallest absolute Gasteiger partial charge is 0.319 e. The van der Waals surface area contributed by atoms with Gasteiger partial charge in [0.25, 0.3) is 0 Å². The van der Waals surface area contributed by atoms with Gasteiger partial charge in [-0.15, -0.1) is 0 Å². The predicted molar refractivity (Wildman–Crippen MR) is 93.7 cm³/mol. The van der Waals surface area contributed by atoms with Crippen LogP contribution in [0.25, 0.3) is 0 Å². The summed E-state index contributed by atoms with van der Waals surface area (Å²) in [6, 6.07) is 12.9. The number of urea groups is 1. The van der Waals surface area contributed by atoms with Gasteiger partial charge in [-0.25, -0.2) is 4.79 Å². The van der Waals surface area contributed by atoms with Crippen molar-refractivity contribution in [3.05, 3.63) is 58.6 Å². The molecular formula is C18H19ClN2O3. The van der Waals surface area contributed by atoms with Crippen LogP contribution < -0.4 is 15.4 Å². The number of methoxy groups -OCH3 is 1. The Balaban J connectivity index is 1.54. The standard InChI is InChI=1S/C18H19ClN2O3/c1-23-17-7-6-14(19)9-16(17)21-18(22)20-10-15-8-12-4-2-3-5-13(12)11-24-15/h2-7,9,15H,8,10-11H2,1H3,(H2,20,21,22). The van der Waals surface area contributed by atoms with Gasteiger partial charge in [0.1, 0.15) is 5.75 Å². The van der Waals surface area contributed by atoms with Gasteiger partial charge in [0, 0.05) is 18.0 Å². The van der Waals surface area contributed by atoms with Crippen molar-refractivity contribution in [2.24, 2.45) is 0 Å². The van der Waals surface area contributed by atoms with E-state index in [1.807, 2.05) is 12.1 Å². The number of benzene rings is 2. The quantitative estimate of drug-likeness (QED) is 0.889. The number of ether oxygens (including phenoxy) is 2. The molecule has 1 unspecified atom stereocenters. The lowest BCUT2D eigenvalue weighted by molar-refractivity contribution is 0.0308. The number of carbonyl (C=O) groups excluding carboxylic acids is 1. The molecule has 1 aliphatic rings. The minimum absolute atomic E-state index is 0.0353. The summed E-state index contributed by atoms with van der Waals surface area (Å²) in [6.07, 6.45) is 0.753. The normalized spacial score (nSPS) is 16.2. The molecule has 1 aliphatic heterocycles. The summed E-state index contributed by atoms with van der Waals surface area (Å²) in [5.41, 5.74) is 3.01. The first-order chi connectivity index (χ1) is 11.7. The highest BCUT2D eigenvalue weighted by molar-refractivity contribution is 6.31. The number of rotatable bonds is 4. The molecule has 0 bridgehead atoms. The molecule has 1 atom stereocenters. The van der Waals surface area contributed by atoms with E-state index in [9.17, 15) is 4.79 Å². The molecular weight excluding hydrogens is 328 g/mol. The Kier molecular flexibility index (Phi) is 5.23. The molecule has 0 aromatic heterocycles. The minimum atomic E-state index is -0.321. The Labute approximate surface area is 145 Å². The summed E-state index contributed by atoms with van der Waals surface area (Å²) in [4.78, 5) is 12.1. The summed E-state index contributed by atoms with van der Waals surface area (Å²) in [6.45, 7) is 1.01. The second kappa shape index (κ2) is 7.55. The highest BCUT2D eigenvalue weighted by atomic mass is 35.5. The number of anilines is 1. The fourth-order valence-corrected chi connectivity index (χ4v) is 2.86. The molecule has 0 saturated carbocycles. The van der Waals surface area contributed by atoms with Gasteiger partial charge in [-0.3, -0.25) is 0 Å². The monoisotopic (exact) mass is 346 g/mol. The Hall–Kier alpha value is -2.24. The van der Waals surface area contributed by atoms with E-state index >= 15 is 0 Å². The maximum absolute atomic E-state index is 12.1. The number of amides is 2. The van der Waals surface area contributed by atoms with E-state index in [-0.39, 0.29) is 12.1 Å². The highest BCUT2D eigenvalue weighted by Gasteiger charge is 2.19.